The summed E-state index contributed by atoms with van der Waals surface area (Å²) in [5.74, 6) is 0.342. The van der Waals surface area contributed by atoms with Crippen LogP contribution in [0.4, 0.5) is 5.69 Å². The zero-order valence-corrected chi connectivity index (χ0v) is 18.7. The Hall–Kier alpha value is -4.40. The summed E-state index contributed by atoms with van der Waals surface area (Å²) in [7, 11) is 0. The molecule has 2 amide bonds. The topological polar surface area (TPSA) is 121 Å². The van der Waals surface area contributed by atoms with Gasteiger partial charge in [-0.3, -0.25) is 14.3 Å². The number of aromatic nitrogens is 3. The van der Waals surface area contributed by atoms with E-state index in [-0.39, 0.29) is 17.4 Å². The number of nitrogens with two attached hydrogens (primary N) is 1. The predicted molar refractivity (Wildman–Crippen MR) is 126 cm³/mol. The first-order valence-corrected chi connectivity index (χ1v) is 10.8. The van der Waals surface area contributed by atoms with Gasteiger partial charge in [0.25, 0.3) is 5.91 Å². The van der Waals surface area contributed by atoms with Crippen LogP contribution in [-0.4, -0.2) is 39.3 Å². The highest BCUT2D eigenvalue weighted by Gasteiger charge is 2.24. The largest absolute Gasteiger partial charge is 0.486 e. The Labute approximate surface area is 195 Å². The van der Waals surface area contributed by atoms with E-state index in [0.717, 1.165) is 11.4 Å². The van der Waals surface area contributed by atoms with Crippen molar-refractivity contribution in [3.8, 4) is 11.5 Å². The highest BCUT2D eigenvalue weighted by atomic mass is 16.6. The van der Waals surface area contributed by atoms with Gasteiger partial charge in [0, 0.05) is 5.39 Å². The van der Waals surface area contributed by atoms with Gasteiger partial charge in [0.15, 0.2) is 17.6 Å². The summed E-state index contributed by atoms with van der Waals surface area (Å²) in [5, 5.41) is 8.06. The zero-order valence-electron chi connectivity index (χ0n) is 18.7. The quantitative estimate of drug-likeness (QED) is 0.475. The minimum absolute atomic E-state index is 0.0969. The summed E-state index contributed by atoms with van der Waals surface area (Å²) < 4.78 is 13.6. The second-order valence-corrected chi connectivity index (χ2v) is 8.12. The molecule has 9 nitrogen and oxygen atoms in total. The van der Waals surface area contributed by atoms with Crippen LogP contribution >= 0.6 is 0 Å². The molecule has 1 atom stereocenters. The van der Waals surface area contributed by atoms with Crippen molar-refractivity contribution in [2.45, 2.75) is 26.5 Å². The van der Waals surface area contributed by atoms with Gasteiger partial charge < -0.3 is 20.5 Å². The van der Waals surface area contributed by atoms with Crippen molar-refractivity contribution in [2.24, 2.45) is 5.73 Å². The minimum Gasteiger partial charge on any atom is -0.486 e. The van der Waals surface area contributed by atoms with E-state index < -0.39 is 11.8 Å². The van der Waals surface area contributed by atoms with Gasteiger partial charge in [0.1, 0.15) is 12.3 Å². The van der Waals surface area contributed by atoms with E-state index in [1.54, 1.807) is 28.9 Å². The summed E-state index contributed by atoms with van der Waals surface area (Å²) in [5.41, 5.74) is 8.40. The molecule has 0 spiro atoms. The third-order valence-electron chi connectivity index (χ3n) is 5.78. The fourth-order valence-electron chi connectivity index (χ4n) is 4.07. The van der Waals surface area contributed by atoms with Crippen LogP contribution in [0.25, 0.3) is 10.9 Å². The van der Waals surface area contributed by atoms with Crippen molar-refractivity contribution in [2.75, 3.05) is 11.9 Å². The van der Waals surface area contributed by atoms with Gasteiger partial charge in [0.05, 0.1) is 34.7 Å². The van der Waals surface area contributed by atoms with Crippen molar-refractivity contribution < 1.29 is 19.1 Å². The number of amides is 2. The lowest BCUT2D eigenvalue weighted by Gasteiger charge is -2.26. The molecule has 0 bridgehead atoms. The normalized spacial score (nSPS) is 14.7. The second-order valence-electron chi connectivity index (χ2n) is 8.12. The monoisotopic (exact) mass is 457 g/mol. The molecule has 1 aliphatic rings. The molecule has 34 heavy (non-hydrogen) atoms. The van der Waals surface area contributed by atoms with Crippen LogP contribution in [0.3, 0.4) is 0 Å². The highest BCUT2D eigenvalue weighted by Crippen LogP contribution is 2.31. The van der Waals surface area contributed by atoms with Gasteiger partial charge in [-0.05, 0) is 38.1 Å². The van der Waals surface area contributed by atoms with Gasteiger partial charge in [-0.2, -0.15) is 5.10 Å². The molecular weight excluding hydrogens is 434 g/mol. The molecular formula is C25H23N5O4. The Morgan fingerprint density at radius 3 is 2.65 bits per heavy atom. The molecule has 0 fully saturated rings. The number of nitrogens with zero attached hydrogens (tertiary/aromatic N) is 3. The maximum atomic E-state index is 13.1. The standard InChI is InChI=1S/C25H23N5O4/c1-14-23(15(2)30(29-14)12-16-13-33-21-9-5-6-10-22(21)34-16)28-25(32)20-11-18(24(26)31)17-7-3-4-8-19(17)27-20/h3-11,16H,12-13H2,1-2H3,(H2,26,31)(H,28,32). The summed E-state index contributed by atoms with van der Waals surface area (Å²) in [4.78, 5) is 29.4. The van der Waals surface area contributed by atoms with E-state index >= 15 is 0 Å². The van der Waals surface area contributed by atoms with E-state index in [4.69, 9.17) is 15.2 Å². The van der Waals surface area contributed by atoms with E-state index in [1.807, 2.05) is 38.1 Å². The average molecular weight is 457 g/mol. The van der Waals surface area contributed by atoms with Crippen molar-refractivity contribution in [3.63, 3.8) is 0 Å². The zero-order chi connectivity index (χ0) is 23.8. The molecule has 1 aliphatic heterocycles. The number of fused-ring (bicyclic) bond motifs is 2. The highest BCUT2D eigenvalue weighted by molar-refractivity contribution is 6.10. The van der Waals surface area contributed by atoms with Crippen LogP contribution in [0.2, 0.25) is 0 Å². The molecule has 4 aromatic rings. The fourth-order valence-corrected chi connectivity index (χ4v) is 4.07. The molecule has 172 valence electrons. The van der Waals surface area contributed by atoms with Gasteiger partial charge in [-0.15, -0.1) is 0 Å². The first-order chi connectivity index (χ1) is 16.4. The molecule has 5 rings (SSSR count). The fraction of sp³-hybridized carbons (Fsp3) is 0.200. The van der Waals surface area contributed by atoms with Gasteiger partial charge in [-0.25, -0.2) is 4.98 Å². The Morgan fingerprint density at radius 1 is 1.12 bits per heavy atom. The van der Waals surface area contributed by atoms with Crippen molar-refractivity contribution in [3.05, 3.63) is 77.2 Å². The Balaban J connectivity index is 1.38. The number of carbonyl (C=O) groups is 2. The van der Waals surface area contributed by atoms with Crippen LogP contribution in [0.1, 0.15) is 32.2 Å². The Morgan fingerprint density at radius 2 is 1.85 bits per heavy atom. The van der Waals surface area contributed by atoms with Crippen molar-refractivity contribution in [1.82, 2.24) is 14.8 Å². The van der Waals surface area contributed by atoms with Crippen LogP contribution in [0.5, 0.6) is 11.5 Å². The molecule has 0 saturated heterocycles. The third-order valence-corrected chi connectivity index (χ3v) is 5.78. The molecule has 3 N–H and O–H groups in total. The number of primary amides is 1. The number of nitrogens with one attached hydrogen (secondary N) is 1. The lowest BCUT2D eigenvalue weighted by atomic mass is 10.1. The molecule has 1 unspecified atom stereocenters. The molecule has 2 aromatic carbocycles. The molecule has 0 radical (unpaired) electrons. The number of ether oxygens (including phenoxy) is 2. The molecule has 0 saturated carbocycles. The van der Waals surface area contributed by atoms with Gasteiger partial charge in [-0.1, -0.05) is 30.3 Å². The summed E-state index contributed by atoms with van der Waals surface area (Å²) in [6, 6.07) is 16.0. The maximum Gasteiger partial charge on any atom is 0.274 e. The lowest BCUT2D eigenvalue weighted by Crippen LogP contribution is -2.33. The number of pyridine rings is 1. The van der Waals surface area contributed by atoms with E-state index in [0.29, 0.717) is 41.2 Å². The number of aryl methyl sites for hydroxylation is 1. The number of carbonyl (C=O) groups excluding carboxylic acids is 2. The van der Waals surface area contributed by atoms with Crippen LogP contribution < -0.4 is 20.5 Å². The average Bonchev–Trinajstić information content (AvgIpc) is 3.10. The molecule has 9 heteroatoms. The van der Waals surface area contributed by atoms with Crippen LogP contribution in [0.15, 0.2) is 54.6 Å². The summed E-state index contributed by atoms with van der Waals surface area (Å²) in [6.07, 6.45) is -0.225. The molecule has 3 heterocycles. The molecule has 0 aliphatic carbocycles. The second kappa shape index (κ2) is 8.51. The first-order valence-electron chi connectivity index (χ1n) is 10.8. The predicted octanol–water partition coefficient (Wildman–Crippen LogP) is 3.24. The number of benzene rings is 2. The van der Waals surface area contributed by atoms with Crippen molar-refractivity contribution >= 4 is 28.4 Å². The number of anilines is 1. The lowest BCUT2D eigenvalue weighted by molar-refractivity contribution is 0.0754. The number of hydrogen-bond acceptors (Lipinski definition) is 6. The minimum atomic E-state index is -0.621. The maximum absolute atomic E-state index is 13.1. The smallest absolute Gasteiger partial charge is 0.274 e. The van der Waals surface area contributed by atoms with Crippen LogP contribution in [-0.2, 0) is 6.54 Å². The Kier molecular flexibility index (Phi) is 5.37. The number of hydrogen-bond donors (Lipinski definition) is 2. The molecule has 2 aromatic heterocycles. The number of para-hydroxylation sites is 3. The van der Waals surface area contributed by atoms with E-state index in [2.05, 4.69) is 15.4 Å². The summed E-state index contributed by atoms with van der Waals surface area (Å²) >= 11 is 0. The SMILES string of the molecule is Cc1nn(CC2COc3ccccc3O2)c(C)c1NC(=O)c1cc(C(N)=O)c2ccccc2n1. The van der Waals surface area contributed by atoms with Crippen molar-refractivity contribution in [1.29, 1.82) is 0 Å². The van der Waals surface area contributed by atoms with Crippen LogP contribution in [0, 0.1) is 13.8 Å². The summed E-state index contributed by atoms with van der Waals surface area (Å²) in [6.45, 7) is 4.54. The van der Waals surface area contributed by atoms with Gasteiger partial charge >= 0.3 is 0 Å². The third kappa shape index (κ3) is 3.92. The first kappa shape index (κ1) is 21.4. The Bertz CT molecular complexity index is 1430. The van der Waals surface area contributed by atoms with E-state index in [9.17, 15) is 9.59 Å². The van der Waals surface area contributed by atoms with E-state index in [1.165, 1.54) is 6.07 Å². The van der Waals surface area contributed by atoms with Gasteiger partial charge in [0.2, 0.25) is 5.91 Å². The number of rotatable bonds is 5.